The van der Waals surface area contributed by atoms with Gasteiger partial charge in [0.2, 0.25) is 0 Å². The van der Waals surface area contributed by atoms with E-state index in [0.29, 0.717) is 28.2 Å². The molecule has 0 aromatic heterocycles. The number of nitrogens with one attached hydrogen (secondary N) is 1. The Balaban J connectivity index is 1.68. The molecule has 4 nitrogen and oxygen atoms in total. The quantitative estimate of drug-likeness (QED) is 0.747. The molecular weight excluding hydrogens is 323 g/mol. The summed E-state index contributed by atoms with van der Waals surface area (Å²) in [5, 5.41) is 12.8. The Morgan fingerprint density at radius 2 is 2.18 bits per heavy atom. The van der Waals surface area contributed by atoms with Gasteiger partial charge in [0.05, 0.1) is 22.2 Å². The lowest BCUT2D eigenvalue weighted by atomic mass is 10.2. The lowest BCUT2D eigenvalue weighted by molar-refractivity contribution is 0.0952. The van der Waals surface area contributed by atoms with Crippen LogP contribution in [0.4, 0.5) is 0 Å². The number of carbonyl (C=O) groups is 1. The Bertz CT molecular complexity index is 511. The second kappa shape index (κ2) is 8.73. The van der Waals surface area contributed by atoms with E-state index in [1.807, 2.05) is 0 Å². The van der Waals surface area contributed by atoms with E-state index in [9.17, 15) is 9.90 Å². The molecule has 6 heteroatoms. The number of likely N-dealkylation sites (tertiary alicyclic amines) is 1. The van der Waals surface area contributed by atoms with Crippen molar-refractivity contribution in [1.82, 2.24) is 10.2 Å². The minimum Gasteiger partial charge on any atom is -0.395 e. The monoisotopic (exact) mass is 344 g/mol. The summed E-state index contributed by atoms with van der Waals surface area (Å²) in [7, 11) is 0. The first-order valence-electron chi connectivity index (χ1n) is 7.70. The number of rotatable bonds is 7. The van der Waals surface area contributed by atoms with Crippen LogP contribution in [0.5, 0.6) is 0 Å². The van der Waals surface area contributed by atoms with Gasteiger partial charge in [-0.2, -0.15) is 0 Å². The second-order valence-corrected chi connectivity index (χ2v) is 6.36. The van der Waals surface area contributed by atoms with Crippen LogP contribution in [0.2, 0.25) is 10.0 Å². The molecule has 1 aliphatic rings. The van der Waals surface area contributed by atoms with Crippen molar-refractivity contribution >= 4 is 29.1 Å². The van der Waals surface area contributed by atoms with Gasteiger partial charge in [-0.25, -0.2) is 0 Å². The Hall–Kier alpha value is -0.810. The predicted molar refractivity (Wildman–Crippen MR) is 89.7 cm³/mol. The average Bonchev–Trinajstić information content (AvgIpc) is 2.97. The normalized spacial score (nSPS) is 18.6. The minimum atomic E-state index is -0.193. The van der Waals surface area contributed by atoms with Crippen molar-refractivity contribution in [3.05, 3.63) is 33.8 Å². The van der Waals surface area contributed by atoms with Crippen LogP contribution in [-0.4, -0.2) is 48.2 Å². The number of benzene rings is 1. The van der Waals surface area contributed by atoms with Gasteiger partial charge in [-0.05, 0) is 50.9 Å². The molecule has 1 aromatic rings. The van der Waals surface area contributed by atoms with Crippen molar-refractivity contribution in [3.8, 4) is 0 Å². The Kier molecular flexibility index (Phi) is 6.96. The molecule has 0 saturated carbocycles. The number of hydrogen-bond donors (Lipinski definition) is 2. The highest BCUT2D eigenvalue weighted by molar-refractivity contribution is 6.43. The summed E-state index contributed by atoms with van der Waals surface area (Å²) in [5.74, 6) is -0.193. The van der Waals surface area contributed by atoms with Crippen LogP contribution in [0.25, 0.3) is 0 Å². The zero-order chi connectivity index (χ0) is 15.9. The van der Waals surface area contributed by atoms with Gasteiger partial charge in [-0.1, -0.05) is 29.3 Å². The van der Waals surface area contributed by atoms with Gasteiger partial charge < -0.3 is 10.4 Å². The summed E-state index contributed by atoms with van der Waals surface area (Å²) in [6, 6.07) is 5.36. The lowest BCUT2D eigenvalue weighted by Crippen LogP contribution is -2.33. The summed E-state index contributed by atoms with van der Waals surface area (Å²) in [6.45, 7) is 2.89. The highest BCUT2D eigenvalue weighted by Gasteiger charge is 2.22. The molecule has 22 heavy (non-hydrogen) atoms. The smallest absolute Gasteiger partial charge is 0.252 e. The Morgan fingerprint density at radius 1 is 1.36 bits per heavy atom. The van der Waals surface area contributed by atoms with Gasteiger partial charge in [0.25, 0.3) is 5.91 Å². The molecule has 0 spiro atoms. The summed E-state index contributed by atoms with van der Waals surface area (Å²) < 4.78 is 0. The van der Waals surface area contributed by atoms with Crippen LogP contribution in [-0.2, 0) is 0 Å². The predicted octanol–water partition coefficient (Wildman–Crippen LogP) is 2.96. The molecule has 1 aromatic carbocycles. The van der Waals surface area contributed by atoms with E-state index < -0.39 is 0 Å². The molecule has 1 aliphatic heterocycles. The first-order valence-corrected chi connectivity index (χ1v) is 8.46. The fourth-order valence-electron chi connectivity index (χ4n) is 2.81. The van der Waals surface area contributed by atoms with Gasteiger partial charge >= 0.3 is 0 Å². The van der Waals surface area contributed by atoms with Gasteiger partial charge in [0.15, 0.2) is 0 Å². The standard InChI is InChI=1S/C16H22Cl2N2O2/c17-14-7-3-6-13(15(14)18)16(22)19-8-1-2-9-20-10-4-5-12(20)11-21/h3,6-7,12,21H,1-2,4-5,8-11H2,(H,19,22). The maximum Gasteiger partial charge on any atom is 0.252 e. The number of aliphatic hydroxyl groups excluding tert-OH is 1. The lowest BCUT2D eigenvalue weighted by Gasteiger charge is -2.22. The number of amides is 1. The molecule has 0 radical (unpaired) electrons. The van der Waals surface area contributed by atoms with Crippen molar-refractivity contribution in [2.45, 2.75) is 31.7 Å². The van der Waals surface area contributed by atoms with Crippen LogP contribution in [0.3, 0.4) is 0 Å². The van der Waals surface area contributed by atoms with E-state index in [1.165, 1.54) is 0 Å². The van der Waals surface area contributed by atoms with Gasteiger partial charge in [0, 0.05) is 12.6 Å². The topological polar surface area (TPSA) is 52.6 Å². The van der Waals surface area contributed by atoms with E-state index in [1.54, 1.807) is 18.2 Å². The van der Waals surface area contributed by atoms with Crippen molar-refractivity contribution < 1.29 is 9.90 Å². The molecule has 1 heterocycles. The SMILES string of the molecule is O=C(NCCCCN1CCCC1CO)c1cccc(Cl)c1Cl. The Morgan fingerprint density at radius 3 is 2.95 bits per heavy atom. The average molecular weight is 345 g/mol. The van der Waals surface area contributed by atoms with E-state index in [0.717, 1.165) is 38.8 Å². The summed E-state index contributed by atoms with van der Waals surface area (Å²) in [5.41, 5.74) is 0.411. The number of halogens is 2. The molecule has 1 unspecified atom stereocenters. The molecule has 2 rings (SSSR count). The van der Waals surface area contributed by atoms with Crippen LogP contribution in [0, 0.1) is 0 Å². The molecule has 1 atom stereocenters. The third-order valence-corrected chi connectivity index (χ3v) is 4.88. The highest BCUT2D eigenvalue weighted by atomic mass is 35.5. The van der Waals surface area contributed by atoms with Crippen LogP contribution >= 0.6 is 23.2 Å². The van der Waals surface area contributed by atoms with E-state index in [2.05, 4.69) is 10.2 Å². The second-order valence-electron chi connectivity index (χ2n) is 5.58. The molecule has 1 amide bonds. The third kappa shape index (κ3) is 4.59. The van der Waals surface area contributed by atoms with Crippen LogP contribution < -0.4 is 5.32 Å². The molecule has 0 aliphatic carbocycles. The van der Waals surface area contributed by atoms with Crippen molar-refractivity contribution in [1.29, 1.82) is 0 Å². The number of aliphatic hydroxyl groups is 1. The first kappa shape index (κ1) is 17.5. The number of carbonyl (C=O) groups excluding carboxylic acids is 1. The Labute approximate surface area is 141 Å². The molecular formula is C16H22Cl2N2O2. The first-order chi connectivity index (χ1) is 10.6. The van der Waals surface area contributed by atoms with Gasteiger partial charge in [-0.3, -0.25) is 9.69 Å². The molecule has 2 N–H and O–H groups in total. The van der Waals surface area contributed by atoms with Crippen LogP contribution in [0.1, 0.15) is 36.0 Å². The molecule has 0 bridgehead atoms. The van der Waals surface area contributed by atoms with Crippen molar-refractivity contribution in [2.75, 3.05) is 26.2 Å². The molecule has 1 fully saturated rings. The largest absolute Gasteiger partial charge is 0.395 e. The summed E-state index contributed by atoms with van der Waals surface area (Å²) >= 11 is 11.9. The zero-order valence-corrected chi connectivity index (χ0v) is 14.0. The maximum atomic E-state index is 12.0. The van der Waals surface area contributed by atoms with E-state index in [-0.39, 0.29) is 12.5 Å². The fraction of sp³-hybridized carbons (Fsp3) is 0.562. The fourth-order valence-corrected chi connectivity index (χ4v) is 3.20. The summed E-state index contributed by atoms with van der Waals surface area (Å²) in [4.78, 5) is 14.4. The van der Waals surface area contributed by atoms with Crippen molar-refractivity contribution in [3.63, 3.8) is 0 Å². The van der Waals surface area contributed by atoms with E-state index in [4.69, 9.17) is 23.2 Å². The maximum absolute atomic E-state index is 12.0. The third-order valence-electron chi connectivity index (χ3n) is 4.06. The number of nitrogens with zero attached hydrogens (tertiary/aromatic N) is 1. The number of unbranched alkanes of at least 4 members (excludes halogenated alkanes) is 1. The van der Waals surface area contributed by atoms with Gasteiger partial charge in [-0.15, -0.1) is 0 Å². The van der Waals surface area contributed by atoms with Crippen LogP contribution in [0.15, 0.2) is 18.2 Å². The number of hydrogen-bond acceptors (Lipinski definition) is 3. The van der Waals surface area contributed by atoms with E-state index >= 15 is 0 Å². The molecule has 122 valence electrons. The molecule has 1 saturated heterocycles. The van der Waals surface area contributed by atoms with Gasteiger partial charge in [0.1, 0.15) is 0 Å². The zero-order valence-electron chi connectivity index (χ0n) is 12.5. The highest BCUT2D eigenvalue weighted by Crippen LogP contribution is 2.25. The minimum absolute atomic E-state index is 0.193. The summed E-state index contributed by atoms with van der Waals surface area (Å²) in [6.07, 6.45) is 4.15. The van der Waals surface area contributed by atoms with Crippen molar-refractivity contribution in [2.24, 2.45) is 0 Å².